The predicted molar refractivity (Wildman–Crippen MR) is 93.8 cm³/mol. The molecule has 1 fully saturated rings. The maximum absolute atomic E-state index is 12.5. The van der Waals surface area contributed by atoms with Crippen LogP contribution in [0.4, 0.5) is 0 Å². The standard InChI is InChI=1S/C17H19IN2O2/c1-19-10-2-4-15(19)16-5-3-11-20(16)17(21)12-22-14-8-6-13(18)7-9-14/h2,4,6-10,16H,3,5,11-12H2,1H3. The van der Waals surface area contributed by atoms with Gasteiger partial charge in [-0.3, -0.25) is 4.79 Å². The maximum atomic E-state index is 12.5. The van der Waals surface area contributed by atoms with E-state index in [1.54, 1.807) is 0 Å². The molecule has 1 saturated heterocycles. The molecule has 116 valence electrons. The van der Waals surface area contributed by atoms with Gasteiger partial charge < -0.3 is 14.2 Å². The molecule has 3 rings (SSSR count). The second-order valence-electron chi connectivity index (χ2n) is 5.53. The number of halogens is 1. The Balaban J connectivity index is 1.64. The van der Waals surface area contributed by atoms with Gasteiger partial charge in [0.15, 0.2) is 6.61 Å². The first-order valence-electron chi connectivity index (χ1n) is 7.44. The Morgan fingerprint density at radius 2 is 2.09 bits per heavy atom. The van der Waals surface area contributed by atoms with Crippen LogP contribution < -0.4 is 4.74 Å². The molecule has 0 aliphatic carbocycles. The van der Waals surface area contributed by atoms with E-state index in [1.807, 2.05) is 48.5 Å². The number of likely N-dealkylation sites (tertiary alicyclic amines) is 1. The summed E-state index contributed by atoms with van der Waals surface area (Å²) in [5, 5.41) is 0. The Hall–Kier alpha value is -1.50. The summed E-state index contributed by atoms with van der Waals surface area (Å²) < 4.78 is 8.88. The van der Waals surface area contributed by atoms with E-state index in [4.69, 9.17) is 4.74 Å². The van der Waals surface area contributed by atoms with E-state index in [2.05, 4.69) is 33.2 Å². The number of hydrogen-bond donors (Lipinski definition) is 0. The molecule has 1 aliphatic rings. The molecular formula is C17H19IN2O2. The number of aryl methyl sites for hydroxylation is 1. The Labute approximate surface area is 144 Å². The van der Waals surface area contributed by atoms with Crippen molar-refractivity contribution >= 4 is 28.5 Å². The summed E-state index contributed by atoms with van der Waals surface area (Å²) in [6, 6.07) is 12.0. The van der Waals surface area contributed by atoms with Crippen molar-refractivity contribution in [3.8, 4) is 5.75 Å². The van der Waals surface area contributed by atoms with E-state index in [0.29, 0.717) is 0 Å². The van der Waals surface area contributed by atoms with Gasteiger partial charge >= 0.3 is 0 Å². The van der Waals surface area contributed by atoms with Crippen molar-refractivity contribution in [1.29, 1.82) is 0 Å². The number of carbonyl (C=O) groups is 1. The average molecular weight is 410 g/mol. The number of ether oxygens (including phenoxy) is 1. The highest BCUT2D eigenvalue weighted by atomic mass is 127. The van der Waals surface area contributed by atoms with Gasteiger partial charge in [0.05, 0.1) is 6.04 Å². The molecule has 1 aromatic heterocycles. The molecule has 2 aromatic rings. The van der Waals surface area contributed by atoms with Crippen LogP contribution in [-0.2, 0) is 11.8 Å². The van der Waals surface area contributed by atoms with Crippen LogP contribution >= 0.6 is 22.6 Å². The fourth-order valence-corrected chi connectivity index (χ4v) is 3.31. The van der Waals surface area contributed by atoms with Crippen LogP contribution in [0, 0.1) is 3.57 Å². The molecule has 5 heteroatoms. The van der Waals surface area contributed by atoms with Crippen molar-refractivity contribution in [2.75, 3.05) is 13.2 Å². The molecule has 0 bridgehead atoms. The van der Waals surface area contributed by atoms with E-state index >= 15 is 0 Å². The number of nitrogens with zero attached hydrogens (tertiary/aromatic N) is 2. The van der Waals surface area contributed by atoms with E-state index in [0.717, 1.165) is 28.7 Å². The van der Waals surface area contributed by atoms with E-state index in [1.165, 1.54) is 5.69 Å². The zero-order valence-electron chi connectivity index (χ0n) is 12.5. The zero-order valence-corrected chi connectivity index (χ0v) is 14.7. The molecule has 1 unspecified atom stereocenters. The minimum Gasteiger partial charge on any atom is -0.484 e. The highest BCUT2D eigenvalue weighted by Crippen LogP contribution is 2.31. The van der Waals surface area contributed by atoms with Gasteiger partial charge in [-0.15, -0.1) is 0 Å². The second-order valence-corrected chi connectivity index (χ2v) is 6.78. The average Bonchev–Trinajstić information content (AvgIpc) is 3.14. The predicted octanol–water partition coefficient (Wildman–Crippen LogP) is 3.37. The summed E-state index contributed by atoms with van der Waals surface area (Å²) in [6.45, 7) is 0.909. The summed E-state index contributed by atoms with van der Waals surface area (Å²) >= 11 is 2.25. The quantitative estimate of drug-likeness (QED) is 0.725. The molecular weight excluding hydrogens is 391 g/mol. The minimum absolute atomic E-state index is 0.0576. The summed E-state index contributed by atoms with van der Waals surface area (Å²) in [4.78, 5) is 14.4. The van der Waals surface area contributed by atoms with Gasteiger partial charge in [0, 0.05) is 29.1 Å². The smallest absolute Gasteiger partial charge is 0.261 e. The fourth-order valence-electron chi connectivity index (χ4n) is 2.95. The molecule has 4 nitrogen and oxygen atoms in total. The lowest BCUT2D eigenvalue weighted by atomic mass is 10.1. The molecule has 2 heterocycles. The normalized spacial score (nSPS) is 17.7. The largest absolute Gasteiger partial charge is 0.484 e. The van der Waals surface area contributed by atoms with E-state index < -0.39 is 0 Å². The lowest BCUT2D eigenvalue weighted by Gasteiger charge is -2.25. The van der Waals surface area contributed by atoms with Crippen molar-refractivity contribution in [2.24, 2.45) is 7.05 Å². The lowest BCUT2D eigenvalue weighted by molar-refractivity contribution is -0.134. The molecule has 0 saturated carbocycles. The van der Waals surface area contributed by atoms with Crippen molar-refractivity contribution in [3.63, 3.8) is 0 Å². The first kappa shape index (κ1) is 15.4. The second kappa shape index (κ2) is 6.73. The fraction of sp³-hybridized carbons (Fsp3) is 0.353. The van der Waals surface area contributed by atoms with Crippen molar-refractivity contribution in [2.45, 2.75) is 18.9 Å². The molecule has 0 N–H and O–H groups in total. The molecule has 0 radical (unpaired) electrons. The summed E-state index contributed by atoms with van der Waals surface area (Å²) in [7, 11) is 2.03. The molecule has 1 amide bonds. The highest BCUT2D eigenvalue weighted by Gasteiger charge is 2.31. The lowest BCUT2D eigenvalue weighted by Crippen LogP contribution is -2.35. The Kier molecular flexibility index (Phi) is 4.71. The van der Waals surface area contributed by atoms with Crippen molar-refractivity contribution in [1.82, 2.24) is 9.47 Å². The SMILES string of the molecule is Cn1cccc1C1CCCN1C(=O)COc1ccc(I)cc1. The molecule has 1 atom stereocenters. The third kappa shape index (κ3) is 3.29. The summed E-state index contributed by atoms with van der Waals surface area (Å²) in [5.41, 5.74) is 1.19. The van der Waals surface area contributed by atoms with Gasteiger partial charge in [-0.25, -0.2) is 0 Å². The van der Waals surface area contributed by atoms with Crippen LogP contribution in [0.1, 0.15) is 24.6 Å². The van der Waals surface area contributed by atoms with Crippen molar-refractivity contribution < 1.29 is 9.53 Å². The molecule has 1 aliphatic heterocycles. The minimum atomic E-state index is 0.0576. The first-order valence-corrected chi connectivity index (χ1v) is 8.52. The summed E-state index contributed by atoms with van der Waals surface area (Å²) in [6.07, 6.45) is 4.09. The van der Waals surface area contributed by atoms with Crippen LogP contribution in [-0.4, -0.2) is 28.5 Å². The maximum Gasteiger partial charge on any atom is 0.261 e. The number of rotatable bonds is 4. The van der Waals surface area contributed by atoms with E-state index in [9.17, 15) is 4.79 Å². The topological polar surface area (TPSA) is 34.5 Å². The number of aromatic nitrogens is 1. The van der Waals surface area contributed by atoms with Gasteiger partial charge in [-0.2, -0.15) is 0 Å². The van der Waals surface area contributed by atoms with Gasteiger partial charge in [0.2, 0.25) is 0 Å². The molecule has 1 aromatic carbocycles. The van der Waals surface area contributed by atoms with Crippen LogP contribution in [0.3, 0.4) is 0 Å². The zero-order chi connectivity index (χ0) is 15.5. The van der Waals surface area contributed by atoms with Gasteiger partial charge in [0.25, 0.3) is 5.91 Å². The van der Waals surface area contributed by atoms with Crippen LogP contribution in [0.25, 0.3) is 0 Å². The first-order chi connectivity index (χ1) is 10.6. The summed E-state index contributed by atoms with van der Waals surface area (Å²) in [5.74, 6) is 0.797. The van der Waals surface area contributed by atoms with Crippen LogP contribution in [0.15, 0.2) is 42.6 Å². The van der Waals surface area contributed by atoms with Gasteiger partial charge in [0.1, 0.15) is 5.75 Å². The Morgan fingerprint density at radius 3 is 2.77 bits per heavy atom. The van der Waals surface area contributed by atoms with E-state index in [-0.39, 0.29) is 18.6 Å². The Bertz CT molecular complexity index is 651. The van der Waals surface area contributed by atoms with Gasteiger partial charge in [-0.1, -0.05) is 0 Å². The van der Waals surface area contributed by atoms with Gasteiger partial charge in [-0.05, 0) is 71.8 Å². The van der Waals surface area contributed by atoms with Crippen molar-refractivity contribution in [3.05, 3.63) is 51.9 Å². The third-order valence-electron chi connectivity index (χ3n) is 4.07. The third-order valence-corrected chi connectivity index (χ3v) is 4.79. The van der Waals surface area contributed by atoms with Crippen LogP contribution in [0.5, 0.6) is 5.75 Å². The molecule has 22 heavy (non-hydrogen) atoms. The number of benzene rings is 1. The number of hydrogen-bond acceptors (Lipinski definition) is 2. The monoisotopic (exact) mass is 410 g/mol. The number of amides is 1. The highest BCUT2D eigenvalue weighted by molar-refractivity contribution is 14.1. The Morgan fingerprint density at radius 1 is 1.32 bits per heavy atom. The van der Waals surface area contributed by atoms with Crippen LogP contribution in [0.2, 0.25) is 0 Å². The molecule has 0 spiro atoms. The number of carbonyl (C=O) groups excluding carboxylic acids is 1.